The highest BCUT2D eigenvalue weighted by Gasteiger charge is 2.17. The van der Waals surface area contributed by atoms with E-state index in [2.05, 4.69) is 10.2 Å². The van der Waals surface area contributed by atoms with E-state index in [1.807, 2.05) is 4.90 Å². The van der Waals surface area contributed by atoms with Crippen LogP contribution in [0, 0.1) is 0 Å². The van der Waals surface area contributed by atoms with Gasteiger partial charge in [0.1, 0.15) is 0 Å². The molecule has 0 aliphatic carbocycles. The number of hydrogen-bond donors (Lipinski definition) is 1. The number of carbonyl (C=O) groups excluding carboxylic acids is 2. The van der Waals surface area contributed by atoms with E-state index in [4.69, 9.17) is 4.74 Å². The summed E-state index contributed by atoms with van der Waals surface area (Å²) < 4.78 is 5.29. The molecule has 2 aliphatic heterocycles. The molecular weight excluding hydrogens is 270 g/mol. The number of rotatable bonds is 6. The Bertz CT molecular complexity index is 343. The summed E-state index contributed by atoms with van der Waals surface area (Å²) in [5.41, 5.74) is 0. The molecule has 2 aliphatic rings. The second-order valence-corrected chi connectivity index (χ2v) is 5.75. The largest absolute Gasteiger partial charge is 0.379 e. The molecule has 2 rings (SSSR count). The molecule has 0 unspecified atom stereocenters. The number of ether oxygens (including phenoxy) is 1. The van der Waals surface area contributed by atoms with Crippen molar-refractivity contribution in [1.29, 1.82) is 0 Å². The number of carbonyl (C=O) groups is 2. The zero-order valence-corrected chi connectivity index (χ0v) is 12.8. The van der Waals surface area contributed by atoms with Crippen molar-refractivity contribution in [2.45, 2.75) is 32.1 Å². The third-order valence-electron chi connectivity index (χ3n) is 4.13. The van der Waals surface area contributed by atoms with Gasteiger partial charge in [-0.05, 0) is 12.8 Å². The first kappa shape index (κ1) is 16.2. The fourth-order valence-electron chi connectivity index (χ4n) is 2.78. The van der Waals surface area contributed by atoms with Gasteiger partial charge < -0.3 is 15.0 Å². The molecule has 0 aromatic rings. The molecule has 0 radical (unpaired) electrons. The van der Waals surface area contributed by atoms with Gasteiger partial charge in [0, 0.05) is 52.1 Å². The van der Waals surface area contributed by atoms with Crippen LogP contribution < -0.4 is 5.32 Å². The molecule has 21 heavy (non-hydrogen) atoms. The van der Waals surface area contributed by atoms with Gasteiger partial charge in [-0.15, -0.1) is 0 Å². The Morgan fingerprint density at radius 3 is 2.71 bits per heavy atom. The van der Waals surface area contributed by atoms with Gasteiger partial charge in [-0.2, -0.15) is 0 Å². The molecular formula is C15H27N3O3. The first-order valence-corrected chi connectivity index (χ1v) is 8.10. The summed E-state index contributed by atoms with van der Waals surface area (Å²) in [7, 11) is 0. The van der Waals surface area contributed by atoms with Gasteiger partial charge in [0.25, 0.3) is 0 Å². The van der Waals surface area contributed by atoms with Gasteiger partial charge >= 0.3 is 0 Å². The maximum Gasteiger partial charge on any atom is 0.222 e. The van der Waals surface area contributed by atoms with Gasteiger partial charge in [0.15, 0.2) is 0 Å². The van der Waals surface area contributed by atoms with Crippen LogP contribution in [0.4, 0.5) is 0 Å². The van der Waals surface area contributed by atoms with Crippen LogP contribution in [0.25, 0.3) is 0 Å². The van der Waals surface area contributed by atoms with Crippen LogP contribution in [-0.2, 0) is 14.3 Å². The van der Waals surface area contributed by atoms with Gasteiger partial charge in [-0.25, -0.2) is 0 Å². The van der Waals surface area contributed by atoms with Crippen molar-refractivity contribution in [3.8, 4) is 0 Å². The molecule has 1 N–H and O–H groups in total. The van der Waals surface area contributed by atoms with Crippen LogP contribution in [0.1, 0.15) is 32.1 Å². The van der Waals surface area contributed by atoms with Crippen molar-refractivity contribution in [3.63, 3.8) is 0 Å². The summed E-state index contributed by atoms with van der Waals surface area (Å²) in [6.07, 6.45) is 4.22. The second kappa shape index (κ2) is 9.00. The number of morpholine rings is 1. The quantitative estimate of drug-likeness (QED) is 0.762. The molecule has 6 nitrogen and oxygen atoms in total. The number of amides is 2. The predicted molar refractivity (Wildman–Crippen MR) is 79.9 cm³/mol. The van der Waals surface area contributed by atoms with Crippen LogP contribution in [0.3, 0.4) is 0 Å². The lowest BCUT2D eigenvalue weighted by Crippen LogP contribution is -2.42. The molecule has 0 saturated carbocycles. The van der Waals surface area contributed by atoms with E-state index in [9.17, 15) is 9.59 Å². The molecule has 0 aromatic heterocycles. The minimum Gasteiger partial charge on any atom is -0.379 e. The maximum absolute atomic E-state index is 11.8. The Morgan fingerprint density at radius 2 is 1.90 bits per heavy atom. The molecule has 6 heteroatoms. The average molecular weight is 297 g/mol. The third-order valence-corrected chi connectivity index (χ3v) is 4.13. The van der Waals surface area contributed by atoms with Gasteiger partial charge in [-0.3, -0.25) is 14.5 Å². The molecule has 0 atom stereocenters. The highest BCUT2D eigenvalue weighted by Crippen LogP contribution is 2.11. The maximum atomic E-state index is 11.8. The smallest absolute Gasteiger partial charge is 0.222 e. The van der Waals surface area contributed by atoms with Crippen LogP contribution >= 0.6 is 0 Å². The minimum absolute atomic E-state index is 0.0420. The van der Waals surface area contributed by atoms with E-state index in [0.29, 0.717) is 25.9 Å². The molecule has 2 saturated heterocycles. The van der Waals surface area contributed by atoms with E-state index >= 15 is 0 Å². The first-order chi connectivity index (χ1) is 10.3. The zero-order valence-electron chi connectivity index (χ0n) is 12.8. The van der Waals surface area contributed by atoms with Crippen molar-refractivity contribution in [3.05, 3.63) is 0 Å². The molecule has 0 bridgehead atoms. The first-order valence-electron chi connectivity index (χ1n) is 8.10. The van der Waals surface area contributed by atoms with E-state index < -0.39 is 0 Å². The summed E-state index contributed by atoms with van der Waals surface area (Å²) in [5.74, 6) is 0.244. The highest BCUT2D eigenvalue weighted by atomic mass is 16.5. The third kappa shape index (κ3) is 6.01. The standard InChI is InChI=1S/C15H27N3O3/c19-14(16-6-9-17-10-12-21-13-11-17)5-8-18-7-3-1-2-4-15(18)20/h1-13H2,(H,16,19). The normalized spacial score (nSPS) is 21.1. The second-order valence-electron chi connectivity index (χ2n) is 5.75. The van der Waals surface area contributed by atoms with Crippen LogP contribution in [0.5, 0.6) is 0 Å². The Labute approximate surface area is 126 Å². The minimum atomic E-state index is 0.0420. The van der Waals surface area contributed by atoms with Gasteiger partial charge in [-0.1, -0.05) is 6.42 Å². The monoisotopic (exact) mass is 297 g/mol. The lowest BCUT2D eigenvalue weighted by Gasteiger charge is -2.26. The van der Waals surface area contributed by atoms with Crippen molar-refractivity contribution >= 4 is 11.8 Å². The Morgan fingerprint density at radius 1 is 1.10 bits per heavy atom. The number of hydrogen-bond acceptors (Lipinski definition) is 4. The fourth-order valence-corrected chi connectivity index (χ4v) is 2.78. The Balaban J connectivity index is 1.57. The van der Waals surface area contributed by atoms with Crippen molar-refractivity contribution in [1.82, 2.24) is 15.1 Å². The molecule has 120 valence electrons. The van der Waals surface area contributed by atoms with E-state index in [1.165, 1.54) is 0 Å². The molecule has 2 amide bonds. The fraction of sp³-hybridized carbons (Fsp3) is 0.867. The summed E-state index contributed by atoms with van der Waals surface area (Å²) >= 11 is 0. The van der Waals surface area contributed by atoms with E-state index in [0.717, 1.165) is 58.7 Å². The summed E-state index contributed by atoms with van der Waals surface area (Å²) in [5, 5.41) is 2.94. The van der Waals surface area contributed by atoms with E-state index in [-0.39, 0.29) is 11.8 Å². The van der Waals surface area contributed by atoms with Crippen molar-refractivity contribution < 1.29 is 14.3 Å². The zero-order chi connectivity index (χ0) is 14.9. The molecule has 2 heterocycles. The van der Waals surface area contributed by atoms with E-state index in [1.54, 1.807) is 0 Å². The summed E-state index contributed by atoms with van der Waals surface area (Å²) in [6, 6.07) is 0. The molecule has 2 fully saturated rings. The van der Waals surface area contributed by atoms with Crippen LogP contribution in [0.2, 0.25) is 0 Å². The lowest BCUT2D eigenvalue weighted by molar-refractivity contribution is -0.131. The number of nitrogens with one attached hydrogen (secondary N) is 1. The van der Waals surface area contributed by atoms with Crippen LogP contribution in [-0.4, -0.2) is 74.1 Å². The molecule has 0 aromatic carbocycles. The average Bonchev–Trinajstić information content (AvgIpc) is 2.71. The number of likely N-dealkylation sites (tertiary alicyclic amines) is 1. The highest BCUT2D eigenvalue weighted by molar-refractivity contribution is 5.79. The van der Waals surface area contributed by atoms with Crippen molar-refractivity contribution in [2.75, 3.05) is 52.5 Å². The Hall–Kier alpha value is -1.14. The molecule has 0 spiro atoms. The topological polar surface area (TPSA) is 61.9 Å². The van der Waals surface area contributed by atoms with Crippen molar-refractivity contribution in [2.24, 2.45) is 0 Å². The van der Waals surface area contributed by atoms with Gasteiger partial charge in [0.05, 0.1) is 13.2 Å². The SMILES string of the molecule is O=C(CCN1CCCCCC1=O)NCCN1CCOCC1. The van der Waals surface area contributed by atoms with Gasteiger partial charge in [0.2, 0.25) is 11.8 Å². The lowest BCUT2D eigenvalue weighted by atomic mass is 10.2. The summed E-state index contributed by atoms with van der Waals surface area (Å²) in [6.45, 7) is 6.36. The number of nitrogens with zero attached hydrogens (tertiary/aromatic N) is 2. The summed E-state index contributed by atoms with van der Waals surface area (Å²) in [4.78, 5) is 27.8. The Kier molecular flexibility index (Phi) is 6.95. The van der Waals surface area contributed by atoms with Crippen LogP contribution in [0.15, 0.2) is 0 Å². The predicted octanol–water partition coefficient (Wildman–Crippen LogP) is 0.228.